The van der Waals surface area contributed by atoms with Crippen LogP contribution in [0.1, 0.15) is 18.7 Å². The number of nitriles is 1. The summed E-state index contributed by atoms with van der Waals surface area (Å²) in [5.41, 5.74) is 0.493. The number of rotatable bonds is 3. The molecule has 2 heterocycles. The molecule has 1 aromatic carbocycles. The van der Waals surface area contributed by atoms with Gasteiger partial charge in [-0.2, -0.15) is 9.94 Å². The summed E-state index contributed by atoms with van der Waals surface area (Å²) in [6.45, 7) is 1.25. The van der Waals surface area contributed by atoms with Crippen LogP contribution in [0.2, 0.25) is 0 Å². The molecule has 6 nitrogen and oxygen atoms in total. The molecule has 1 fully saturated rings. The van der Waals surface area contributed by atoms with E-state index in [0.29, 0.717) is 19.6 Å². The molecule has 3 rings (SSSR count). The van der Waals surface area contributed by atoms with Gasteiger partial charge in [0, 0.05) is 19.6 Å². The molecule has 1 aliphatic heterocycles. The molecule has 0 bridgehead atoms. The molecule has 0 N–H and O–H groups in total. The van der Waals surface area contributed by atoms with Crippen LogP contribution in [0.3, 0.4) is 0 Å². The molecular weight excluding hydrogens is 254 g/mol. The van der Waals surface area contributed by atoms with Crippen LogP contribution >= 0.6 is 0 Å². The molecule has 1 aliphatic rings. The van der Waals surface area contributed by atoms with Crippen LogP contribution < -0.4 is 0 Å². The summed E-state index contributed by atoms with van der Waals surface area (Å²) in [5, 5.41) is 21.4. The zero-order valence-corrected chi connectivity index (χ0v) is 11.1. The summed E-state index contributed by atoms with van der Waals surface area (Å²) in [6, 6.07) is 12.2. The minimum absolute atomic E-state index is 0.417. The van der Waals surface area contributed by atoms with Crippen molar-refractivity contribution in [3.63, 3.8) is 0 Å². The van der Waals surface area contributed by atoms with Gasteiger partial charge in [-0.15, -0.1) is 5.10 Å². The van der Waals surface area contributed by atoms with Gasteiger partial charge in [0.25, 0.3) is 0 Å². The number of aromatic nitrogens is 4. The standard InChI is InChI=1S/C14H15N5O/c15-11-14(6-8-20-9-7-14)10-13-16-17-18-19(13)12-4-2-1-3-5-12/h1-5H,6-10H2. The Hall–Kier alpha value is -2.26. The number of hydrogen-bond acceptors (Lipinski definition) is 5. The van der Waals surface area contributed by atoms with Gasteiger partial charge < -0.3 is 4.74 Å². The second-order valence-electron chi connectivity index (χ2n) is 5.02. The van der Waals surface area contributed by atoms with E-state index in [0.717, 1.165) is 24.4 Å². The van der Waals surface area contributed by atoms with Gasteiger partial charge in [0.2, 0.25) is 0 Å². The predicted octanol–water partition coefficient (Wildman–Crippen LogP) is 1.53. The van der Waals surface area contributed by atoms with E-state index in [4.69, 9.17) is 4.74 Å². The van der Waals surface area contributed by atoms with Crippen molar-refractivity contribution >= 4 is 0 Å². The van der Waals surface area contributed by atoms with Crippen molar-refractivity contribution in [2.45, 2.75) is 19.3 Å². The Morgan fingerprint density at radius 3 is 2.70 bits per heavy atom. The number of para-hydroxylation sites is 1. The molecule has 20 heavy (non-hydrogen) atoms. The lowest BCUT2D eigenvalue weighted by molar-refractivity contribution is 0.0396. The highest BCUT2D eigenvalue weighted by Crippen LogP contribution is 2.33. The molecule has 0 aliphatic carbocycles. The Morgan fingerprint density at radius 2 is 2.00 bits per heavy atom. The topological polar surface area (TPSA) is 76.6 Å². The fraction of sp³-hybridized carbons (Fsp3) is 0.429. The fourth-order valence-electron chi connectivity index (χ4n) is 2.48. The van der Waals surface area contributed by atoms with Crippen LogP contribution in [0.25, 0.3) is 5.69 Å². The third kappa shape index (κ3) is 2.40. The maximum absolute atomic E-state index is 9.52. The largest absolute Gasteiger partial charge is 0.381 e. The molecule has 0 spiro atoms. The molecule has 1 saturated heterocycles. The summed E-state index contributed by atoms with van der Waals surface area (Å²) in [4.78, 5) is 0. The Bertz CT molecular complexity index is 610. The van der Waals surface area contributed by atoms with E-state index in [-0.39, 0.29) is 0 Å². The molecule has 0 saturated carbocycles. The normalized spacial score (nSPS) is 17.6. The van der Waals surface area contributed by atoms with Crippen LogP contribution in [-0.2, 0) is 11.2 Å². The van der Waals surface area contributed by atoms with E-state index >= 15 is 0 Å². The number of benzene rings is 1. The van der Waals surface area contributed by atoms with Crippen LogP contribution in [0.4, 0.5) is 0 Å². The Morgan fingerprint density at radius 1 is 1.25 bits per heavy atom. The van der Waals surface area contributed by atoms with Crippen molar-refractivity contribution in [3.8, 4) is 11.8 Å². The van der Waals surface area contributed by atoms with Gasteiger partial charge >= 0.3 is 0 Å². The first-order chi connectivity index (χ1) is 9.83. The lowest BCUT2D eigenvalue weighted by atomic mass is 9.78. The molecule has 102 valence electrons. The minimum atomic E-state index is -0.417. The number of ether oxygens (including phenoxy) is 1. The highest BCUT2D eigenvalue weighted by atomic mass is 16.5. The van der Waals surface area contributed by atoms with Crippen molar-refractivity contribution in [1.29, 1.82) is 5.26 Å². The Balaban J connectivity index is 1.89. The molecule has 0 radical (unpaired) electrons. The fourth-order valence-corrected chi connectivity index (χ4v) is 2.48. The monoisotopic (exact) mass is 269 g/mol. The summed E-state index contributed by atoms with van der Waals surface area (Å²) >= 11 is 0. The van der Waals surface area contributed by atoms with E-state index in [1.54, 1.807) is 4.68 Å². The maximum Gasteiger partial charge on any atom is 0.158 e. The second kappa shape index (κ2) is 5.39. The Labute approximate surface area is 117 Å². The van der Waals surface area contributed by atoms with Gasteiger partial charge in [0.05, 0.1) is 17.2 Å². The van der Waals surface area contributed by atoms with E-state index in [9.17, 15) is 5.26 Å². The van der Waals surface area contributed by atoms with Crippen LogP contribution in [0.5, 0.6) is 0 Å². The van der Waals surface area contributed by atoms with E-state index in [1.807, 2.05) is 30.3 Å². The van der Waals surface area contributed by atoms with Crippen molar-refractivity contribution in [3.05, 3.63) is 36.2 Å². The first kappa shape index (κ1) is 12.8. The average Bonchev–Trinajstić information content (AvgIpc) is 2.97. The summed E-state index contributed by atoms with van der Waals surface area (Å²) in [6.07, 6.45) is 2.01. The van der Waals surface area contributed by atoms with Gasteiger partial charge in [0.1, 0.15) is 0 Å². The minimum Gasteiger partial charge on any atom is -0.381 e. The lowest BCUT2D eigenvalue weighted by Crippen LogP contribution is -2.31. The highest BCUT2D eigenvalue weighted by molar-refractivity contribution is 5.30. The van der Waals surface area contributed by atoms with Crippen LogP contribution in [0, 0.1) is 16.7 Å². The molecule has 0 atom stereocenters. The molecular formula is C14H15N5O. The SMILES string of the molecule is N#CC1(Cc2nnnn2-c2ccccc2)CCOCC1. The van der Waals surface area contributed by atoms with Crippen molar-refractivity contribution < 1.29 is 4.74 Å². The average molecular weight is 269 g/mol. The molecule has 1 aromatic heterocycles. The maximum atomic E-state index is 9.52. The molecule has 2 aromatic rings. The summed E-state index contributed by atoms with van der Waals surface area (Å²) in [5.74, 6) is 0.722. The summed E-state index contributed by atoms with van der Waals surface area (Å²) < 4.78 is 7.05. The van der Waals surface area contributed by atoms with Gasteiger partial charge in [-0.3, -0.25) is 0 Å². The van der Waals surface area contributed by atoms with E-state index < -0.39 is 5.41 Å². The molecule has 0 amide bonds. The van der Waals surface area contributed by atoms with Crippen molar-refractivity contribution in [1.82, 2.24) is 20.2 Å². The number of tetrazole rings is 1. The zero-order chi connectivity index (χ0) is 13.8. The number of hydrogen-bond donors (Lipinski definition) is 0. The summed E-state index contributed by atoms with van der Waals surface area (Å²) in [7, 11) is 0. The van der Waals surface area contributed by atoms with Crippen molar-refractivity contribution in [2.24, 2.45) is 5.41 Å². The highest BCUT2D eigenvalue weighted by Gasteiger charge is 2.35. The first-order valence-electron chi connectivity index (χ1n) is 6.65. The van der Waals surface area contributed by atoms with Gasteiger partial charge in [-0.25, -0.2) is 0 Å². The van der Waals surface area contributed by atoms with Gasteiger partial charge in [-0.05, 0) is 35.4 Å². The smallest absolute Gasteiger partial charge is 0.158 e. The lowest BCUT2D eigenvalue weighted by Gasteiger charge is -2.29. The Kier molecular flexibility index (Phi) is 3.44. The molecule has 0 unspecified atom stereocenters. The van der Waals surface area contributed by atoms with Crippen molar-refractivity contribution in [2.75, 3.05) is 13.2 Å². The van der Waals surface area contributed by atoms with Crippen LogP contribution in [-0.4, -0.2) is 33.4 Å². The zero-order valence-electron chi connectivity index (χ0n) is 11.1. The van der Waals surface area contributed by atoms with Crippen LogP contribution in [0.15, 0.2) is 30.3 Å². The third-order valence-corrected chi connectivity index (χ3v) is 3.72. The second-order valence-corrected chi connectivity index (χ2v) is 5.02. The van der Waals surface area contributed by atoms with Gasteiger partial charge in [0.15, 0.2) is 5.82 Å². The van der Waals surface area contributed by atoms with E-state index in [2.05, 4.69) is 21.6 Å². The predicted molar refractivity (Wildman–Crippen MR) is 71.0 cm³/mol. The first-order valence-corrected chi connectivity index (χ1v) is 6.65. The molecule has 6 heteroatoms. The van der Waals surface area contributed by atoms with E-state index in [1.165, 1.54) is 0 Å². The number of nitrogens with zero attached hydrogens (tertiary/aromatic N) is 5. The third-order valence-electron chi connectivity index (χ3n) is 3.72. The van der Waals surface area contributed by atoms with Gasteiger partial charge in [-0.1, -0.05) is 18.2 Å². The quantitative estimate of drug-likeness (QED) is 0.844.